The van der Waals surface area contributed by atoms with Crippen LogP contribution >= 0.6 is 0 Å². The molecular weight excluding hydrogens is 234 g/mol. The van der Waals surface area contributed by atoms with Gasteiger partial charge in [0.2, 0.25) is 5.91 Å². The average molecular weight is 259 g/mol. The van der Waals surface area contributed by atoms with Crippen LogP contribution in [0.25, 0.3) is 0 Å². The number of amides is 3. The molecule has 6 nitrogen and oxygen atoms in total. The van der Waals surface area contributed by atoms with E-state index in [2.05, 4.69) is 10.6 Å². The van der Waals surface area contributed by atoms with E-state index in [4.69, 9.17) is 5.11 Å². The third-order valence-electron chi connectivity index (χ3n) is 2.06. The summed E-state index contributed by atoms with van der Waals surface area (Å²) in [4.78, 5) is 24.9. The topological polar surface area (TPSA) is 81.7 Å². The molecule has 0 aromatic heterocycles. The molecule has 0 rings (SSSR count). The van der Waals surface area contributed by atoms with E-state index in [9.17, 15) is 9.59 Å². The zero-order chi connectivity index (χ0) is 14.2. The summed E-state index contributed by atoms with van der Waals surface area (Å²) in [7, 11) is 0. The van der Waals surface area contributed by atoms with Crippen LogP contribution in [0, 0.1) is 0 Å². The molecule has 3 N–H and O–H groups in total. The SMILES string of the molecule is CCCN(CCO)CC(=O)NC(=O)NC(C)(C)C. The Balaban J connectivity index is 4.11. The Morgan fingerprint density at radius 1 is 1.22 bits per heavy atom. The van der Waals surface area contributed by atoms with Gasteiger partial charge in [0.15, 0.2) is 0 Å². The summed E-state index contributed by atoms with van der Waals surface area (Å²) in [5.41, 5.74) is -0.376. The van der Waals surface area contributed by atoms with Crippen molar-refractivity contribution in [2.45, 2.75) is 39.7 Å². The van der Waals surface area contributed by atoms with Gasteiger partial charge in [-0.05, 0) is 33.7 Å². The fraction of sp³-hybridized carbons (Fsp3) is 0.833. The van der Waals surface area contributed by atoms with Crippen LogP contribution in [-0.2, 0) is 4.79 Å². The molecule has 0 fully saturated rings. The second-order valence-corrected chi connectivity index (χ2v) is 5.25. The van der Waals surface area contributed by atoms with E-state index < -0.39 is 6.03 Å². The first-order valence-corrected chi connectivity index (χ1v) is 6.23. The highest BCUT2D eigenvalue weighted by molar-refractivity contribution is 5.95. The maximum Gasteiger partial charge on any atom is 0.321 e. The van der Waals surface area contributed by atoms with Crippen molar-refractivity contribution in [3.05, 3.63) is 0 Å². The minimum Gasteiger partial charge on any atom is -0.395 e. The highest BCUT2D eigenvalue weighted by Crippen LogP contribution is 1.97. The van der Waals surface area contributed by atoms with E-state index in [0.29, 0.717) is 6.54 Å². The summed E-state index contributed by atoms with van der Waals surface area (Å²) in [5.74, 6) is -0.362. The van der Waals surface area contributed by atoms with Gasteiger partial charge >= 0.3 is 6.03 Å². The van der Waals surface area contributed by atoms with E-state index in [1.54, 1.807) is 4.90 Å². The molecule has 3 amide bonds. The van der Waals surface area contributed by atoms with Crippen LogP contribution in [0.1, 0.15) is 34.1 Å². The van der Waals surface area contributed by atoms with E-state index in [0.717, 1.165) is 13.0 Å². The Hall–Kier alpha value is -1.14. The highest BCUT2D eigenvalue weighted by atomic mass is 16.3. The monoisotopic (exact) mass is 259 g/mol. The molecule has 6 heteroatoms. The minimum atomic E-state index is -0.493. The molecule has 0 aliphatic rings. The number of nitrogens with zero attached hydrogens (tertiary/aromatic N) is 1. The number of aliphatic hydroxyl groups excluding tert-OH is 1. The molecule has 0 aliphatic carbocycles. The van der Waals surface area contributed by atoms with E-state index >= 15 is 0 Å². The molecule has 106 valence electrons. The summed E-state index contributed by atoms with van der Waals surface area (Å²) in [6, 6.07) is -0.493. The number of carbonyl (C=O) groups excluding carboxylic acids is 2. The summed E-state index contributed by atoms with van der Waals surface area (Å²) in [6.07, 6.45) is 0.890. The van der Waals surface area contributed by atoms with Crippen molar-refractivity contribution in [1.29, 1.82) is 0 Å². The number of carbonyl (C=O) groups is 2. The zero-order valence-electron chi connectivity index (χ0n) is 11.7. The summed E-state index contributed by atoms with van der Waals surface area (Å²) in [6.45, 7) is 8.78. The highest BCUT2D eigenvalue weighted by Gasteiger charge is 2.16. The Bertz CT molecular complexity index is 268. The summed E-state index contributed by atoms with van der Waals surface area (Å²) < 4.78 is 0. The molecule has 0 aliphatic heterocycles. The van der Waals surface area contributed by atoms with Crippen molar-refractivity contribution >= 4 is 11.9 Å². The van der Waals surface area contributed by atoms with Gasteiger partial charge in [0.1, 0.15) is 0 Å². The molecule has 0 spiro atoms. The van der Waals surface area contributed by atoms with Crippen molar-refractivity contribution in [3.8, 4) is 0 Å². The van der Waals surface area contributed by atoms with Gasteiger partial charge < -0.3 is 10.4 Å². The van der Waals surface area contributed by atoms with Gasteiger partial charge in [0, 0.05) is 12.1 Å². The molecule has 18 heavy (non-hydrogen) atoms. The number of aliphatic hydroxyl groups is 1. The molecule has 0 radical (unpaired) electrons. The molecule has 0 saturated heterocycles. The maximum atomic E-state index is 11.6. The predicted octanol–water partition coefficient (Wildman–Crippen LogP) is 0.315. The van der Waals surface area contributed by atoms with Gasteiger partial charge in [-0.3, -0.25) is 15.0 Å². The molecule has 0 heterocycles. The third kappa shape index (κ3) is 8.95. The van der Waals surface area contributed by atoms with Crippen molar-refractivity contribution < 1.29 is 14.7 Å². The van der Waals surface area contributed by atoms with Crippen LogP contribution in [0.3, 0.4) is 0 Å². The van der Waals surface area contributed by atoms with Gasteiger partial charge in [-0.2, -0.15) is 0 Å². The smallest absolute Gasteiger partial charge is 0.321 e. The van der Waals surface area contributed by atoms with Crippen LogP contribution in [0.4, 0.5) is 4.79 Å². The van der Waals surface area contributed by atoms with Gasteiger partial charge in [0.05, 0.1) is 13.2 Å². The van der Waals surface area contributed by atoms with Gasteiger partial charge in [0.25, 0.3) is 0 Å². The lowest BCUT2D eigenvalue weighted by Gasteiger charge is -2.22. The Morgan fingerprint density at radius 2 is 1.83 bits per heavy atom. The molecule has 0 aromatic rings. The van der Waals surface area contributed by atoms with Gasteiger partial charge in [-0.1, -0.05) is 6.92 Å². The van der Waals surface area contributed by atoms with Gasteiger partial charge in [-0.15, -0.1) is 0 Å². The van der Waals surface area contributed by atoms with E-state index in [1.807, 2.05) is 27.7 Å². The first-order valence-electron chi connectivity index (χ1n) is 6.23. The van der Waals surface area contributed by atoms with Crippen molar-refractivity contribution in [2.75, 3.05) is 26.2 Å². The molecule has 0 atom stereocenters. The average Bonchev–Trinajstić information content (AvgIpc) is 2.14. The number of urea groups is 1. The van der Waals surface area contributed by atoms with Gasteiger partial charge in [-0.25, -0.2) is 4.79 Å². The first-order chi connectivity index (χ1) is 8.28. The van der Waals surface area contributed by atoms with E-state index in [-0.39, 0.29) is 24.6 Å². The molecular formula is C12H25N3O3. The predicted molar refractivity (Wildman–Crippen MR) is 70.2 cm³/mol. The normalized spacial score (nSPS) is 11.4. The summed E-state index contributed by atoms with van der Waals surface area (Å²) >= 11 is 0. The minimum absolute atomic E-state index is 0.00146. The summed E-state index contributed by atoms with van der Waals surface area (Å²) in [5, 5.41) is 13.8. The van der Waals surface area contributed by atoms with E-state index in [1.165, 1.54) is 0 Å². The zero-order valence-corrected chi connectivity index (χ0v) is 11.7. The number of hydrogen-bond acceptors (Lipinski definition) is 4. The molecule has 0 saturated carbocycles. The Kier molecular flexibility index (Phi) is 7.54. The van der Waals surface area contributed by atoms with Crippen LogP contribution in [0.2, 0.25) is 0 Å². The Labute approximate surface area is 109 Å². The third-order valence-corrected chi connectivity index (χ3v) is 2.06. The lowest BCUT2D eigenvalue weighted by molar-refractivity contribution is -0.121. The lowest BCUT2D eigenvalue weighted by Crippen LogP contribution is -2.50. The number of nitrogens with one attached hydrogen (secondary N) is 2. The quantitative estimate of drug-likeness (QED) is 0.641. The fourth-order valence-corrected chi connectivity index (χ4v) is 1.47. The Morgan fingerprint density at radius 3 is 2.28 bits per heavy atom. The molecule has 0 aromatic carbocycles. The van der Waals surface area contributed by atoms with Crippen LogP contribution in [0.15, 0.2) is 0 Å². The van der Waals surface area contributed by atoms with Crippen LogP contribution < -0.4 is 10.6 Å². The lowest BCUT2D eigenvalue weighted by atomic mass is 10.1. The maximum absolute atomic E-state index is 11.6. The second-order valence-electron chi connectivity index (χ2n) is 5.25. The standard InChI is InChI=1S/C12H25N3O3/c1-5-6-15(7-8-16)9-10(17)13-11(18)14-12(2,3)4/h16H,5-9H2,1-4H3,(H2,13,14,17,18). The molecule has 0 bridgehead atoms. The fourth-order valence-electron chi connectivity index (χ4n) is 1.47. The number of hydrogen-bond donors (Lipinski definition) is 3. The van der Waals surface area contributed by atoms with Crippen LogP contribution in [0.5, 0.6) is 0 Å². The first kappa shape index (κ1) is 16.9. The van der Waals surface area contributed by atoms with Crippen LogP contribution in [-0.4, -0.2) is 53.7 Å². The van der Waals surface area contributed by atoms with Crippen molar-refractivity contribution in [2.24, 2.45) is 0 Å². The largest absolute Gasteiger partial charge is 0.395 e. The number of rotatable bonds is 6. The molecule has 0 unspecified atom stereocenters. The van der Waals surface area contributed by atoms with Crippen molar-refractivity contribution in [1.82, 2.24) is 15.5 Å². The second kappa shape index (κ2) is 8.05. The number of imide groups is 1. The van der Waals surface area contributed by atoms with Crippen molar-refractivity contribution in [3.63, 3.8) is 0 Å².